The summed E-state index contributed by atoms with van der Waals surface area (Å²) in [6, 6.07) is 11.4. The van der Waals surface area contributed by atoms with E-state index < -0.39 is 8.07 Å². The van der Waals surface area contributed by atoms with Gasteiger partial charge in [0.05, 0.1) is 19.5 Å². The molecular formula is C38H54N3Si+. The molecule has 0 aliphatic carbocycles. The van der Waals surface area contributed by atoms with Crippen molar-refractivity contribution in [1.82, 2.24) is 0 Å². The largest absolute Gasteiger partial charge is 0.280 e. The molecule has 1 aromatic carbocycles. The number of fused-ring (bicyclic) bond motifs is 3. The minimum atomic E-state index is -1.64. The first-order valence-corrected chi connectivity index (χ1v) is 19.0. The van der Waals surface area contributed by atoms with Crippen LogP contribution < -0.4 is 9.75 Å². The predicted molar refractivity (Wildman–Crippen MR) is 188 cm³/mol. The zero-order chi connectivity index (χ0) is 31.4. The van der Waals surface area contributed by atoms with Gasteiger partial charge in [0.15, 0.2) is 6.20 Å². The van der Waals surface area contributed by atoms with Gasteiger partial charge in [0.25, 0.3) is 0 Å². The van der Waals surface area contributed by atoms with E-state index in [0.29, 0.717) is 5.92 Å². The van der Waals surface area contributed by atoms with E-state index in [1.54, 1.807) is 0 Å². The van der Waals surface area contributed by atoms with Gasteiger partial charge in [-0.05, 0) is 89.6 Å². The zero-order valence-electron chi connectivity index (χ0n) is 28.2. The van der Waals surface area contributed by atoms with Crippen LogP contribution in [0.5, 0.6) is 0 Å². The Morgan fingerprint density at radius 2 is 1.76 bits per heavy atom. The van der Waals surface area contributed by atoms with Gasteiger partial charge in [0.1, 0.15) is 5.70 Å². The molecule has 0 bridgehead atoms. The summed E-state index contributed by atoms with van der Waals surface area (Å²) < 4.78 is 2.52. The number of nitrogens with zero attached hydrogens (tertiary/aromatic N) is 3. The molecule has 1 aliphatic rings. The van der Waals surface area contributed by atoms with Crippen molar-refractivity contribution in [3.63, 3.8) is 0 Å². The van der Waals surface area contributed by atoms with Crippen LogP contribution in [0.4, 0.5) is 0 Å². The second-order valence-electron chi connectivity index (χ2n) is 13.8. The van der Waals surface area contributed by atoms with Gasteiger partial charge in [0.2, 0.25) is 11.7 Å². The van der Waals surface area contributed by atoms with E-state index in [2.05, 4.69) is 134 Å². The highest BCUT2D eigenvalue weighted by Gasteiger charge is 2.44. The van der Waals surface area contributed by atoms with E-state index in [9.17, 15) is 0 Å². The molecule has 3 atom stereocenters. The van der Waals surface area contributed by atoms with E-state index in [1.165, 1.54) is 33.1 Å². The molecule has 4 heteroatoms. The van der Waals surface area contributed by atoms with E-state index in [0.717, 1.165) is 30.0 Å². The highest BCUT2D eigenvalue weighted by Crippen LogP contribution is 2.45. The van der Waals surface area contributed by atoms with Crippen molar-refractivity contribution in [1.29, 1.82) is 0 Å². The lowest BCUT2D eigenvalue weighted by molar-refractivity contribution is -0.708. The molecule has 1 aromatic heterocycles. The first-order valence-electron chi connectivity index (χ1n) is 15.5. The van der Waals surface area contributed by atoms with Crippen LogP contribution in [0.3, 0.4) is 0 Å². The van der Waals surface area contributed by atoms with Gasteiger partial charge in [-0.25, -0.2) is 0 Å². The topological polar surface area (TPSA) is 28.6 Å². The average Bonchev–Trinajstić information content (AvgIpc) is 2.89. The molecule has 224 valence electrons. The Morgan fingerprint density at radius 1 is 1.10 bits per heavy atom. The van der Waals surface area contributed by atoms with Crippen molar-refractivity contribution >= 4 is 24.7 Å². The van der Waals surface area contributed by atoms with Crippen LogP contribution in [-0.2, 0) is 0 Å². The summed E-state index contributed by atoms with van der Waals surface area (Å²) in [7, 11) is -1.64. The van der Waals surface area contributed by atoms with Crippen LogP contribution in [0.25, 0.3) is 11.3 Å². The summed E-state index contributed by atoms with van der Waals surface area (Å²) >= 11 is 0. The van der Waals surface area contributed by atoms with E-state index in [1.807, 2.05) is 19.9 Å². The molecular weight excluding hydrogens is 527 g/mol. The van der Waals surface area contributed by atoms with E-state index in [4.69, 9.17) is 9.98 Å². The quantitative estimate of drug-likeness (QED) is 0.110. The lowest BCUT2D eigenvalue weighted by Gasteiger charge is -2.34. The van der Waals surface area contributed by atoms with Gasteiger partial charge in [0, 0.05) is 28.2 Å². The van der Waals surface area contributed by atoms with Crippen molar-refractivity contribution in [2.75, 3.05) is 0 Å². The smallest absolute Gasteiger partial charge is 0.213 e. The van der Waals surface area contributed by atoms with Crippen molar-refractivity contribution in [2.45, 2.75) is 111 Å². The average molecular weight is 581 g/mol. The lowest BCUT2D eigenvalue weighted by Crippen LogP contribution is -2.54. The molecule has 3 rings (SSSR count). The van der Waals surface area contributed by atoms with Crippen molar-refractivity contribution in [3.8, 4) is 11.3 Å². The third-order valence-electron chi connectivity index (χ3n) is 8.25. The highest BCUT2D eigenvalue weighted by molar-refractivity contribution is 6.89. The van der Waals surface area contributed by atoms with Gasteiger partial charge in [-0.3, -0.25) is 9.98 Å². The number of allylic oxidation sites excluding steroid dienone is 5. The number of pyridine rings is 1. The molecule has 2 heterocycles. The summed E-state index contributed by atoms with van der Waals surface area (Å²) in [4.78, 5) is 10.2. The number of hydrogen-bond donors (Lipinski definition) is 0. The van der Waals surface area contributed by atoms with Crippen LogP contribution in [-0.4, -0.2) is 25.0 Å². The second kappa shape index (κ2) is 13.5. The van der Waals surface area contributed by atoms with Crippen LogP contribution in [0, 0.1) is 0 Å². The number of aliphatic imine (C=N–C) groups is 2. The Kier molecular flexibility index (Phi) is 10.7. The molecule has 0 fully saturated rings. The summed E-state index contributed by atoms with van der Waals surface area (Å²) in [5.41, 5.74) is 9.23. The molecule has 0 saturated carbocycles. The molecule has 3 unspecified atom stereocenters. The molecule has 42 heavy (non-hydrogen) atoms. The van der Waals surface area contributed by atoms with Crippen LogP contribution >= 0.6 is 0 Å². The Morgan fingerprint density at radius 3 is 2.33 bits per heavy atom. The van der Waals surface area contributed by atoms with E-state index in [-0.39, 0.29) is 17.5 Å². The van der Waals surface area contributed by atoms with Gasteiger partial charge in [-0.2, -0.15) is 4.57 Å². The first-order chi connectivity index (χ1) is 19.6. The highest BCUT2D eigenvalue weighted by atomic mass is 28.3. The maximum atomic E-state index is 5.22. The second-order valence-corrected chi connectivity index (χ2v) is 18.8. The molecule has 2 aromatic rings. The Labute approximate surface area is 257 Å². The van der Waals surface area contributed by atoms with Crippen molar-refractivity contribution in [3.05, 3.63) is 96.4 Å². The summed E-state index contributed by atoms with van der Waals surface area (Å²) in [6.45, 7) is 33.4. The molecule has 3 nitrogen and oxygen atoms in total. The number of aromatic nitrogens is 1. The van der Waals surface area contributed by atoms with Crippen molar-refractivity contribution in [2.24, 2.45) is 9.98 Å². The van der Waals surface area contributed by atoms with Gasteiger partial charge in [-0.15, -0.1) is 0 Å². The minimum absolute atomic E-state index is 0.00215. The van der Waals surface area contributed by atoms with Gasteiger partial charge < -0.3 is 0 Å². The molecule has 0 radical (unpaired) electrons. The third-order valence-corrected chi connectivity index (χ3v) is 10.3. The normalized spacial score (nSPS) is 18.9. The molecule has 0 spiro atoms. The van der Waals surface area contributed by atoms with E-state index >= 15 is 0 Å². The summed E-state index contributed by atoms with van der Waals surface area (Å²) in [5.74, 6) is 0.655. The standard InChI is InChI=1S/C38H54N3Si/c1-14-18-29(8)40-38(10,24-26(3)4)22-21-33-31-19-16-17-20-32(31)35-23-34(27(5)6)36(42(11,12)13)25-41(35)37(33)30(9)39-28(7)15-2/h14-20,23-25,27,33,37H,2,9,21-22H2,1,3-8,10-13H3/q+1/b18-14-,39-28+,40-29-. The third kappa shape index (κ3) is 7.63. The maximum absolute atomic E-state index is 5.22. The fraction of sp³-hybridized carbons (Fsp3) is 0.447. The van der Waals surface area contributed by atoms with Crippen LogP contribution in [0.2, 0.25) is 19.6 Å². The Hall–Kier alpha value is -3.11. The first kappa shape index (κ1) is 33.4. The zero-order valence-corrected chi connectivity index (χ0v) is 29.2. The predicted octanol–water partition coefficient (Wildman–Crippen LogP) is 9.65. The number of hydrogen-bond acceptors (Lipinski definition) is 2. The fourth-order valence-corrected chi connectivity index (χ4v) is 8.26. The van der Waals surface area contributed by atoms with Crippen molar-refractivity contribution < 1.29 is 4.57 Å². The van der Waals surface area contributed by atoms with Crippen LogP contribution in [0.15, 0.2) is 95.2 Å². The number of benzene rings is 1. The summed E-state index contributed by atoms with van der Waals surface area (Å²) in [5, 5.41) is 1.52. The van der Waals surface area contributed by atoms with Gasteiger partial charge >= 0.3 is 0 Å². The number of rotatable bonds is 11. The molecule has 1 aliphatic heterocycles. The Bertz CT molecular complexity index is 1440. The van der Waals surface area contributed by atoms with Gasteiger partial charge in [-0.1, -0.05) is 82.6 Å². The lowest BCUT2D eigenvalue weighted by atomic mass is 9.76. The fourth-order valence-electron chi connectivity index (χ4n) is 6.51. The minimum Gasteiger partial charge on any atom is -0.280 e. The van der Waals surface area contributed by atoms with Crippen LogP contribution in [0.1, 0.15) is 97.2 Å². The molecule has 0 amide bonds. The molecule has 0 saturated heterocycles. The SMILES string of the molecule is C=C/C(C)=N/C(=C)C1C(CCC(C)(C=C(C)C)/N=C(C)\C=C/C)c2ccccc2-c2cc(C(C)C)c([Si](C)(C)C)c[n+]21. The Balaban J connectivity index is 2.31. The monoisotopic (exact) mass is 580 g/mol. The summed E-state index contributed by atoms with van der Waals surface area (Å²) in [6.07, 6.45) is 12.7. The maximum Gasteiger partial charge on any atom is 0.213 e. The molecule has 0 N–H and O–H groups in total.